The Morgan fingerprint density at radius 1 is 1.05 bits per heavy atom. The smallest absolute Gasteiger partial charge is 0.412 e. The lowest BCUT2D eigenvalue weighted by molar-refractivity contribution is -0.130. The van der Waals surface area contributed by atoms with Gasteiger partial charge in [0.2, 0.25) is 0 Å². The van der Waals surface area contributed by atoms with E-state index in [9.17, 15) is 23.9 Å². The van der Waals surface area contributed by atoms with Crippen LogP contribution in [0.1, 0.15) is 41.0 Å². The number of hydrogen-bond acceptors (Lipinski definition) is 4. The fourth-order valence-corrected chi connectivity index (χ4v) is 4.88. The van der Waals surface area contributed by atoms with Gasteiger partial charge in [0.25, 0.3) is 5.91 Å². The molecular formula is C30H26FN3O5. The van der Waals surface area contributed by atoms with Gasteiger partial charge in [-0.1, -0.05) is 44.2 Å². The predicted molar refractivity (Wildman–Crippen MR) is 144 cm³/mol. The van der Waals surface area contributed by atoms with E-state index in [2.05, 4.69) is 10.3 Å². The number of aliphatic carboxylic acids is 1. The quantitative estimate of drug-likeness (QED) is 0.319. The number of benzene rings is 3. The molecule has 0 fully saturated rings. The standard InChI is InChI=1S/C30H26FN3O5/c1-30(2)17-34(27(35)19-8-10-20(31)11-9-19)16-23(28(36)37)26-25(30)22-13-12-21(14-24(22)33-26)39-29(38)32-15-18-6-4-3-5-7-18/h3-14,16,33H,15,17H2,1-2H3,(H,32,38)(H,36,37). The molecule has 9 heteroatoms. The zero-order chi connectivity index (χ0) is 27.7. The molecule has 2 heterocycles. The van der Waals surface area contributed by atoms with Gasteiger partial charge in [-0.2, -0.15) is 0 Å². The number of H-pyrrole nitrogens is 1. The summed E-state index contributed by atoms with van der Waals surface area (Å²) in [4.78, 5) is 42.5. The molecule has 198 valence electrons. The number of hydrogen-bond donors (Lipinski definition) is 3. The zero-order valence-electron chi connectivity index (χ0n) is 21.3. The number of amides is 2. The van der Waals surface area contributed by atoms with Crippen LogP contribution < -0.4 is 10.1 Å². The second-order valence-corrected chi connectivity index (χ2v) is 9.98. The number of nitrogens with one attached hydrogen (secondary N) is 2. The van der Waals surface area contributed by atoms with Crippen LogP contribution in [0.5, 0.6) is 5.75 Å². The van der Waals surface area contributed by atoms with E-state index in [0.717, 1.165) is 16.5 Å². The van der Waals surface area contributed by atoms with Crippen molar-refractivity contribution in [1.29, 1.82) is 0 Å². The second-order valence-electron chi connectivity index (χ2n) is 9.98. The Labute approximate surface area is 223 Å². The largest absolute Gasteiger partial charge is 0.478 e. The topological polar surface area (TPSA) is 112 Å². The summed E-state index contributed by atoms with van der Waals surface area (Å²) < 4.78 is 18.8. The highest BCUT2D eigenvalue weighted by Gasteiger charge is 2.37. The van der Waals surface area contributed by atoms with E-state index in [4.69, 9.17) is 4.74 Å². The third-order valence-corrected chi connectivity index (χ3v) is 6.64. The Morgan fingerprint density at radius 2 is 1.77 bits per heavy atom. The lowest BCUT2D eigenvalue weighted by Crippen LogP contribution is -2.36. The number of fused-ring (bicyclic) bond motifs is 3. The number of carboxylic acid groups (broad SMARTS) is 1. The fraction of sp³-hybridized carbons (Fsp3) is 0.167. The number of halogens is 1. The predicted octanol–water partition coefficient (Wildman–Crippen LogP) is 5.45. The van der Waals surface area contributed by atoms with Gasteiger partial charge in [-0.3, -0.25) is 4.79 Å². The molecule has 39 heavy (non-hydrogen) atoms. The highest BCUT2D eigenvalue weighted by molar-refractivity contribution is 6.17. The molecule has 0 saturated carbocycles. The van der Waals surface area contributed by atoms with Gasteiger partial charge in [-0.05, 0) is 47.5 Å². The summed E-state index contributed by atoms with van der Waals surface area (Å²) in [6, 6.07) is 19.6. The van der Waals surface area contributed by atoms with Crippen molar-refractivity contribution in [2.75, 3.05) is 6.54 Å². The number of carbonyl (C=O) groups is 3. The van der Waals surface area contributed by atoms with Gasteiger partial charge in [0.05, 0.1) is 11.3 Å². The van der Waals surface area contributed by atoms with Crippen molar-refractivity contribution in [3.8, 4) is 5.75 Å². The third-order valence-electron chi connectivity index (χ3n) is 6.64. The van der Waals surface area contributed by atoms with Crippen LogP contribution in [-0.4, -0.2) is 39.5 Å². The van der Waals surface area contributed by atoms with E-state index in [-0.39, 0.29) is 23.4 Å². The van der Waals surface area contributed by atoms with Gasteiger partial charge in [-0.15, -0.1) is 0 Å². The van der Waals surface area contributed by atoms with Gasteiger partial charge < -0.3 is 25.0 Å². The highest BCUT2D eigenvalue weighted by atomic mass is 19.1. The summed E-state index contributed by atoms with van der Waals surface area (Å²) in [6.07, 6.45) is 0.693. The number of aromatic amines is 1. The van der Waals surface area contributed by atoms with Crippen molar-refractivity contribution in [3.05, 3.63) is 107 Å². The van der Waals surface area contributed by atoms with Gasteiger partial charge in [0.15, 0.2) is 0 Å². The molecule has 1 aromatic heterocycles. The van der Waals surface area contributed by atoms with E-state index >= 15 is 0 Å². The Kier molecular flexibility index (Phi) is 6.66. The summed E-state index contributed by atoms with van der Waals surface area (Å²) in [7, 11) is 0. The molecule has 0 unspecified atom stereocenters. The number of carbonyl (C=O) groups excluding carboxylic acids is 2. The first kappa shape index (κ1) is 25.7. The molecule has 2 amide bonds. The highest BCUT2D eigenvalue weighted by Crippen LogP contribution is 2.41. The van der Waals surface area contributed by atoms with Crippen LogP contribution in [0, 0.1) is 5.82 Å². The van der Waals surface area contributed by atoms with Crippen molar-refractivity contribution < 1.29 is 28.6 Å². The van der Waals surface area contributed by atoms with Gasteiger partial charge >= 0.3 is 12.1 Å². The second kappa shape index (κ2) is 10.1. The lowest BCUT2D eigenvalue weighted by atomic mass is 9.81. The van der Waals surface area contributed by atoms with Gasteiger partial charge in [0.1, 0.15) is 11.6 Å². The number of rotatable bonds is 5. The maximum absolute atomic E-state index is 13.4. The Bertz CT molecular complexity index is 1610. The molecule has 5 rings (SSSR count). The minimum atomic E-state index is -1.21. The van der Waals surface area contributed by atoms with Crippen LogP contribution in [0.15, 0.2) is 79.0 Å². The summed E-state index contributed by atoms with van der Waals surface area (Å²) >= 11 is 0. The molecule has 0 saturated heterocycles. The molecule has 0 bridgehead atoms. The van der Waals surface area contributed by atoms with Crippen LogP contribution in [0.3, 0.4) is 0 Å². The monoisotopic (exact) mass is 527 g/mol. The molecule has 0 radical (unpaired) electrons. The number of aromatic nitrogens is 1. The molecule has 3 N–H and O–H groups in total. The molecule has 1 aliphatic rings. The summed E-state index contributed by atoms with van der Waals surface area (Å²) in [5, 5.41) is 13.5. The summed E-state index contributed by atoms with van der Waals surface area (Å²) in [5.74, 6) is -1.83. The SMILES string of the molecule is CC1(C)CN(C(=O)c2ccc(F)cc2)C=C(C(=O)O)c2[nH]c3cc(OC(=O)NCc4ccccc4)ccc3c21. The molecular weight excluding hydrogens is 501 g/mol. The third kappa shape index (κ3) is 5.24. The van der Waals surface area contributed by atoms with Crippen molar-refractivity contribution in [2.45, 2.75) is 25.8 Å². The lowest BCUT2D eigenvalue weighted by Gasteiger charge is -2.29. The molecule has 0 atom stereocenters. The first-order chi connectivity index (χ1) is 18.6. The van der Waals surface area contributed by atoms with E-state index in [1.54, 1.807) is 18.2 Å². The molecule has 0 spiro atoms. The molecule has 1 aliphatic heterocycles. The van der Waals surface area contributed by atoms with Crippen molar-refractivity contribution >= 4 is 34.4 Å². The zero-order valence-corrected chi connectivity index (χ0v) is 21.3. The van der Waals surface area contributed by atoms with Gasteiger partial charge in [-0.25, -0.2) is 14.0 Å². The Balaban J connectivity index is 1.46. The number of nitrogens with zero attached hydrogens (tertiary/aromatic N) is 1. The molecule has 4 aromatic rings. The van der Waals surface area contributed by atoms with Gasteiger partial charge in [0, 0.05) is 47.2 Å². The number of ether oxygens (including phenoxy) is 1. The average Bonchev–Trinajstić information content (AvgIpc) is 3.24. The van der Waals surface area contributed by atoms with Crippen molar-refractivity contribution in [3.63, 3.8) is 0 Å². The first-order valence-corrected chi connectivity index (χ1v) is 12.3. The first-order valence-electron chi connectivity index (χ1n) is 12.3. The number of carboxylic acids is 1. The van der Waals surface area contributed by atoms with E-state index in [1.165, 1.54) is 35.4 Å². The Hall–Kier alpha value is -4.92. The normalized spacial score (nSPS) is 14.2. The van der Waals surface area contributed by atoms with Crippen molar-refractivity contribution in [2.24, 2.45) is 0 Å². The van der Waals surface area contributed by atoms with Crippen molar-refractivity contribution in [1.82, 2.24) is 15.2 Å². The maximum Gasteiger partial charge on any atom is 0.412 e. The minimum Gasteiger partial charge on any atom is -0.478 e. The van der Waals surface area contributed by atoms with E-state index in [1.807, 2.05) is 44.2 Å². The summed E-state index contributed by atoms with van der Waals surface area (Å²) in [5.41, 5.74) is 2.09. The molecule has 8 nitrogen and oxygen atoms in total. The molecule has 3 aromatic carbocycles. The molecule has 0 aliphatic carbocycles. The van der Waals surface area contributed by atoms with Crippen LogP contribution in [0.2, 0.25) is 0 Å². The maximum atomic E-state index is 13.4. The average molecular weight is 528 g/mol. The van der Waals surface area contributed by atoms with Crippen LogP contribution in [0.25, 0.3) is 16.5 Å². The van der Waals surface area contributed by atoms with Crippen LogP contribution >= 0.6 is 0 Å². The van der Waals surface area contributed by atoms with Crippen LogP contribution in [-0.2, 0) is 16.8 Å². The van der Waals surface area contributed by atoms with Crippen LogP contribution in [0.4, 0.5) is 9.18 Å². The van der Waals surface area contributed by atoms with E-state index in [0.29, 0.717) is 17.8 Å². The minimum absolute atomic E-state index is 0.0923. The Morgan fingerprint density at radius 3 is 2.46 bits per heavy atom. The van der Waals surface area contributed by atoms with E-state index < -0.39 is 29.2 Å². The fourth-order valence-electron chi connectivity index (χ4n) is 4.88. The summed E-state index contributed by atoms with van der Waals surface area (Å²) in [6.45, 7) is 4.33.